The third-order valence-electron chi connectivity index (χ3n) is 3.26. The Balaban J connectivity index is 1.93. The van der Waals surface area contributed by atoms with Gasteiger partial charge >= 0.3 is 0 Å². The molecular formula is C15H23NO2. The van der Waals surface area contributed by atoms with Crippen molar-refractivity contribution in [1.29, 1.82) is 0 Å². The highest BCUT2D eigenvalue weighted by atomic mass is 16.5. The Hall–Kier alpha value is -1.22. The van der Waals surface area contributed by atoms with Gasteiger partial charge in [0, 0.05) is 18.7 Å². The van der Waals surface area contributed by atoms with Gasteiger partial charge in [0.25, 0.3) is 0 Å². The van der Waals surface area contributed by atoms with Crippen molar-refractivity contribution in [3.8, 4) is 11.5 Å². The number of hydrogen-bond donors (Lipinski definition) is 1. The lowest BCUT2D eigenvalue weighted by atomic mass is 10.1. The normalized spacial score (nSPS) is 16.7. The lowest BCUT2D eigenvalue weighted by Crippen LogP contribution is -2.36. The second-order valence-electron chi connectivity index (χ2n) is 5.26. The first-order valence-electron chi connectivity index (χ1n) is 6.73. The average Bonchev–Trinajstić information content (AvgIpc) is 3.18. The Kier molecular flexibility index (Phi) is 4.48. The number of hydrogen-bond acceptors (Lipinski definition) is 3. The molecule has 0 aliphatic heterocycles. The SMILES string of the molecule is COc1cccc(OC(CNC2CC2)C(C)C)c1. The Bertz CT molecular complexity index is 375. The summed E-state index contributed by atoms with van der Waals surface area (Å²) < 4.78 is 11.3. The molecule has 1 atom stereocenters. The molecule has 0 radical (unpaired) electrons. The molecule has 1 aliphatic carbocycles. The largest absolute Gasteiger partial charge is 0.497 e. The van der Waals surface area contributed by atoms with Crippen LogP contribution in [0.15, 0.2) is 24.3 Å². The molecule has 2 rings (SSSR count). The van der Waals surface area contributed by atoms with E-state index in [2.05, 4.69) is 19.2 Å². The molecule has 1 aromatic carbocycles. The summed E-state index contributed by atoms with van der Waals surface area (Å²) in [7, 11) is 1.67. The van der Waals surface area contributed by atoms with Gasteiger partial charge in [-0.3, -0.25) is 0 Å². The Morgan fingerprint density at radius 2 is 2.00 bits per heavy atom. The van der Waals surface area contributed by atoms with Gasteiger partial charge in [-0.15, -0.1) is 0 Å². The van der Waals surface area contributed by atoms with E-state index in [9.17, 15) is 0 Å². The van der Waals surface area contributed by atoms with Gasteiger partial charge in [0.1, 0.15) is 17.6 Å². The quantitative estimate of drug-likeness (QED) is 0.806. The molecule has 100 valence electrons. The molecule has 1 saturated carbocycles. The number of nitrogens with one attached hydrogen (secondary N) is 1. The molecule has 0 amide bonds. The fraction of sp³-hybridized carbons (Fsp3) is 0.600. The third-order valence-corrected chi connectivity index (χ3v) is 3.26. The zero-order valence-electron chi connectivity index (χ0n) is 11.5. The van der Waals surface area contributed by atoms with Crippen molar-refractivity contribution in [3.05, 3.63) is 24.3 Å². The van der Waals surface area contributed by atoms with Crippen LogP contribution in [-0.2, 0) is 0 Å². The minimum atomic E-state index is 0.206. The van der Waals surface area contributed by atoms with Crippen LogP contribution in [-0.4, -0.2) is 25.8 Å². The second kappa shape index (κ2) is 6.10. The lowest BCUT2D eigenvalue weighted by molar-refractivity contribution is 0.148. The van der Waals surface area contributed by atoms with Gasteiger partial charge in [0.2, 0.25) is 0 Å². The summed E-state index contributed by atoms with van der Waals surface area (Å²) in [5.74, 6) is 2.21. The third kappa shape index (κ3) is 3.91. The Morgan fingerprint density at radius 1 is 1.28 bits per heavy atom. The number of methoxy groups -OCH3 is 1. The molecule has 1 N–H and O–H groups in total. The molecule has 18 heavy (non-hydrogen) atoms. The minimum absolute atomic E-state index is 0.206. The van der Waals surface area contributed by atoms with Gasteiger partial charge in [-0.1, -0.05) is 19.9 Å². The zero-order valence-corrected chi connectivity index (χ0v) is 11.5. The second-order valence-corrected chi connectivity index (χ2v) is 5.26. The Labute approximate surface area is 109 Å². The Morgan fingerprint density at radius 3 is 2.61 bits per heavy atom. The summed E-state index contributed by atoms with van der Waals surface area (Å²) in [6.07, 6.45) is 2.83. The van der Waals surface area contributed by atoms with Crippen molar-refractivity contribution in [2.24, 2.45) is 5.92 Å². The van der Waals surface area contributed by atoms with Gasteiger partial charge in [-0.05, 0) is 30.9 Å². The number of ether oxygens (including phenoxy) is 2. The highest BCUT2D eigenvalue weighted by Crippen LogP contribution is 2.23. The van der Waals surface area contributed by atoms with E-state index in [0.717, 1.165) is 24.1 Å². The van der Waals surface area contributed by atoms with E-state index in [1.165, 1.54) is 12.8 Å². The van der Waals surface area contributed by atoms with Crippen LogP contribution in [0.4, 0.5) is 0 Å². The number of rotatable bonds is 7. The minimum Gasteiger partial charge on any atom is -0.497 e. The van der Waals surface area contributed by atoms with Crippen molar-refractivity contribution in [1.82, 2.24) is 5.32 Å². The summed E-state index contributed by atoms with van der Waals surface area (Å²) in [6.45, 7) is 5.30. The maximum absolute atomic E-state index is 6.05. The van der Waals surface area contributed by atoms with Crippen LogP contribution < -0.4 is 14.8 Å². The van der Waals surface area contributed by atoms with Crippen molar-refractivity contribution >= 4 is 0 Å². The summed E-state index contributed by atoms with van der Waals surface area (Å²) >= 11 is 0. The van der Waals surface area contributed by atoms with E-state index < -0.39 is 0 Å². The van der Waals surface area contributed by atoms with Gasteiger partial charge in [-0.2, -0.15) is 0 Å². The highest BCUT2D eigenvalue weighted by molar-refractivity contribution is 5.33. The van der Waals surface area contributed by atoms with Crippen LogP contribution in [0.3, 0.4) is 0 Å². The molecule has 3 heteroatoms. The zero-order chi connectivity index (χ0) is 13.0. The fourth-order valence-electron chi connectivity index (χ4n) is 1.83. The molecule has 0 aromatic heterocycles. The van der Waals surface area contributed by atoms with E-state index in [1.54, 1.807) is 7.11 Å². The summed E-state index contributed by atoms with van der Waals surface area (Å²) in [6, 6.07) is 8.53. The standard InChI is InChI=1S/C15H23NO2/c1-11(2)15(10-16-12-7-8-12)18-14-6-4-5-13(9-14)17-3/h4-6,9,11-12,15-16H,7-8,10H2,1-3H3. The first-order chi connectivity index (χ1) is 8.69. The van der Waals surface area contributed by atoms with Crippen molar-refractivity contribution < 1.29 is 9.47 Å². The van der Waals surface area contributed by atoms with Crippen molar-refractivity contribution in [2.45, 2.75) is 38.8 Å². The monoisotopic (exact) mass is 249 g/mol. The first kappa shape index (κ1) is 13.2. The molecule has 1 fully saturated rings. The fourth-order valence-corrected chi connectivity index (χ4v) is 1.83. The van der Waals surface area contributed by atoms with Crippen LogP contribution in [0, 0.1) is 5.92 Å². The van der Waals surface area contributed by atoms with Gasteiger partial charge < -0.3 is 14.8 Å². The predicted octanol–water partition coefficient (Wildman–Crippen LogP) is 2.85. The van der Waals surface area contributed by atoms with E-state index in [0.29, 0.717) is 5.92 Å². The molecule has 3 nitrogen and oxygen atoms in total. The first-order valence-corrected chi connectivity index (χ1v) is 6.73. The van der Waals surface area contributed by atoms with Crippen LogP contribution in [0.5, 0.6) is 11.5 Å². The predicted molar refractivity (Wildman–Crippen MR) is 73.3 cm³/mol. The van der Waals surface area contributed by atoms with Gasteiger partial charge in [0.05, 0.1) is 7.11 Å². The molecule has 0 saturated heterocycles. The van der Waals surface area contributed by atoms with Crippen LogP contribution in [0.25, 0.3) is 0 Å². The van der Waals surface area contributed by atoms with Crippen LogP contribution in [0.1, 0.15) is 26.7 Å². The molecule has 0 heterocycles. The molecule has 1 aromatic rings. The molecule has 0 bridgehead atoms. The van der Waals surface area contributed by atoms with E-state index >= 15 is 0 Å². The van der Waals surface area contributed by atoms with E-state index in [-0.39, 0.29) is 6.10 Å². The van der Waals surface area contributed by atoms with Crippen molar-refractivity contribution in [3.63, 3.8) is 0 Å². The molecule has 0 spiro atoms. The molecule has 1 aliphatic rings. The summed E-state index contributed by atoms with van der Waals surface area (Å²) in [4.78, 5) is 0. The van der Waals surface area contributed by atoms with E-state index in [1.807, 2.05) is 24.3 Å². The summed E-state index contributed by atoms with van der Waals surface area (Å²) in [5.41, 5.74) is 0. The summed E-state index contributed by atoms with van der Waals surface area (Å²) in [5, 5.41) is 3.53. The average molecular weight is 249 g/mol. The maximum Gasteiger partial charge on any atom is 0.123 e. The lowest BCUT2D eigenvalue weighted by Gasteiger charge is -2.23. The number of benzene rings is 1. The molecule has 1 unspecified atom stereocenters. The maximum atomic E-state index is 6.05. The van der Waals surface area contributed by atoms with Gasteiger partial charge in [-0.25, -0.2) is 0 Å². The van der Waals surface area contributed by atoms with Gasteiger partial charge in [0.15, 0.2) is 0 Å². The topological polar surface area (TPSA) is 30.5 Å². The van der Waals surface area contributed by atoms with Crippen LogP contribution >= 0.6 is 0 Å². The van der Waals surface area contributed by atoms with Crippen molar-refractivity contribution in [2.75, 3.05) is 13.7 Å². The highest BCUT2D eigenvalue weighted by Gasteiger charge is 2.23. The van der Waals surface area contributed by atoms with Crippen LogP contribution in [0.2, 0.25) is 0 Å². The smallest absolute Gasteiger partial charge is 0.123 e. The van der Waals surface area contributed by atoms with E-state index in [4.69, 9.17) is 9.47 Å². The molecular weight excluding hydrogens is 226 g/mol.